The molecule has 20 heavy (non-hydrogen) atoms. The quantitative estimate of drug-likeness (QED) is 0.723. The number of anilines is 1. The maximum absolute atomic E-state index is 6.13. The van der Waals surface area contributed by atoms with Gasteiger partial charge < -0.3 is 10.5 Å². The van der Waals surface area contributed by atoms with Crippen molar-refractivity contribution in [3.8, 4) is 11.4 Å². The molecule has 4 rings (SSSR count). The van der Waals surface area contributed by atoms with Gasteiger partial charge in [0.1, 0.15) is 5.75 Å². The number of benzene rings is 2. The van der Waals surface area contributed by atoms with Crippen LogP contribution < -0.4 is 10.5 Å². The van der Waals surface area contributed by atoms with E-state index < -0.39 is 0 Å². The first-order valence-corrected chi connectivity index (χ1v) is 6.47. The maximum Gasteiger partial charge on any atom is 0.168 e. The van der Waals surface area contributed by atoms with Gasteiger partial charge >= 0.3 is 0 Å². The zero-order valence-electron chi connectivity index (χ0n) is 10.7. The summed E-state index contributed by atoms with van der Waals surface area (Å²) in [7, 11) is 0. The fourth-order valence-corrected chi connectivity index (χ4v) is 2.59. The van der Waals surface area contributed by atoms with Crippen molar-refractivity contribution >= 4 is 5.69 Å². The summed E-state index contributed by atoms with van der Waals surface area (Å²) in [4.78, 5) is 4.21. The second kappa shape index (κ2) is 4.13. The molecule has 2 heterocycles. The lowest BCUT2D eigenvalue weighted by Crippen LogP contribution is -2.06. The summed E-state index contributed by atoms with van der Waals surface area (Å²) in [6, 6.07) is 15.7. The number of fused-ring (bicyclic) bond motifs is 3. The van der Waals surface area contributed by atoms with Gasteiger partial charge in [-0.2, -0.15) is 0 Å². The van der Waals surface area contributed by atoms with Crippen molar-refractivity contribution in [1.82, 2.24) is 9.55 Å². The van der Waals surface area contributed by atoms with Crippen LogP contribution in [0.5, 0.6) is 5.75 Å². The predicted molar refractivity (Wildman–Crippen MR) is 76.9 cm³/mol. The molecule has 0 fully saturated rings. The monoisotopic (exact) mass is 263 g/mol. The molecule has 0 saturated heterocycles. The van der Waals surface area contributed by atoms with Gasteiger partial charge in [0.25, 0.3) is 0 Å². The zero-order valence-corrected chi connectivity index (χ0v) is 10.7. The third-order valence-corrected chi connectivity index (χ3v) is 3.55. The number of rotatable bonds is 2. The van der Waals surface area contributed by atoms with Gasteiger partial charge in [0.2, 0.25) is 0 Å². The lowest BCUT2D eigenvalue weighted by Gasteiger charge is -2.14. The van der Waals surface area contributed by atoms with Crippen LogP contribution in [0.25, 0.3) is 5.69 Å². The molecule has 0 aliphatic carbocycles. The van der Waals surface area contributed by atoms with E-state index in [9.17, 15) is 0 Å². The van der Waals surface area contributed by atoms with E-state index >= 15 is 0 Å². The summed E-state index contributed by atoms with van der Waals surface area (Å²) < 4.78 is 8.19. The molecule has 4 heteroatoms. The molecular weight excluding hydrogens is 250 g/mol. The van der Waals surface area contributed by atoms with Gasteiger partial charge in [-0.1, -0.05) is 18.2 Å². The number of nitrogens with two attached hydrogens (primary N) is 1. The van der Waals surface area contributed by atoms with Crippen LogP contribution in [0, 0.1) is 0 Å². The highest BCUT2D eigenvalue weighted by atomic mass is 16.5. The minimum atomic E-state index is -0.127. The average molecular weight is 263 g/mol. The third kappa shape index (κ3) is 1.58. The number of nitrogens with zero attached hydrogens (tertiary/aromatic N) is 2. The van der Waals surface area contributed by atoms with E-state index in [2.05, 4.69) is 21.7 Å². The van der Waals surface area contributed by atoms with Crippen molar-refractivity contribution in [3.63, 3.8) is 0 Å². The highest BCUT2D eigenvalue weighted by Crippen LogP contribution is 2.38. The van der Waals surface area contributed by atoms with E-state index in [1.165, 1.54) is 0 Å². The van der Waals surface area contributed by atoms with Crippen LogP contribution in [-0.2, 0) is 0 Å². The predicted octanol–water partition coefficient (Wildman–Crippen LogP) is 2.94. The van der Waals surface area contributed by atoms with Crippen LogP contribution in [0.1, 0.15) is 17.4 Å². The lowest BCUT2D eigenvalue weighted by atomic mass is 10.1. The van der Waals surface area contributed by atoms with Crippen LogP contribution in [0.15, 0.2) is 61.1 Å². The second-order valence-corrected chi connectivity index (χ2v) is 4.81. The number of hydrogen-bond acceptors (Lipinski definition) is 3. The number of imidazole rings is 1. The Hall–Kier alpha value is -2.75. The maximum atomic E-state index is 6.13. The number of hydrogen-bond donors (Lipinski definition) is 1. The van der Waals surface area contributed by atoms with Gasteiger partial charge in [-0.3, -0.25) is 4.57 Å². The molecule has 1 aliphatic rings. The molecule has 1 aromatic heterocycles. The Labute approximate surface area is 116 Å². The molecule has 0 spiro atoms. The first kappa shape index (κ1) is 11.1. The van der Waals surface area contributed by atoms with Crippen LogP contribution in [0.2, 0.25) is 0 Å². The standard InChI is InChI=1S/C16H13N3O/c17-11-5-7-12(8-6-11)20-16-13-3-1-2-4-14(13)19-10-18-9-15(16)19/h1-10,16H,17H2. The molecule has 1 aliphatic heterocycles. The van der Waals surface area contributed by atoms with E-state index in [4.69, 9.17) is 10.5 Å². The molecular formula is C16H13N3O. The van der Waals surface area contributed by atoms with Gasteiger partial charge in [0, 0.05) is 11.3 Å². The summed E-state index contributed by atoms with van der Waals surface area (Å²) in [5.41, 5.74) is 9.76. The van der Waals surface area contributed by atoms with Crippen LogP contribution >= 0.6 is 0 Å². The third-order valence-electron chi connectivity index (χ3n) is 3.55. The Morgan fingerprint density at radius 2 is 1.85 bits per heavy atom. The number of ether oxygens (including phenoxy) is 1. The van der Waals surface area contributed by atoms with Crippen molar-refractivity contribution in [2.45, 2.75) is 6.10 Å². The van der Waals surface area contributed by atoms with Gasteiger partial charge in [0.15, 0.2) is 6.10 Å². The number of aromatic nitrogens is 2. The van der Waals surface area contributed by atoms with Crippen molar-refractivity contribution in [2.75, 3.05) is 5.73 Å². The SMILES string of the molecule is Nc1ccc(OC2c3ccccc3-n3cncc32)cc1. The Morgan fingerprint density at radius 1 is 1.05 bits per heavy atom. The number of para-hydroxylation sites is 1. The molecule has 1 atom stereocenters. The highest BCUT2D eigenvalue weighted by molar-refractivity contribution is 5.52. The molecule has 2 N–H and O–H groups in total. The van der Waals surface area contributed by atoms with Crippen molar-refractivity contribution in [1.29, 1.82) is 0 Å². The molecule has 98 valence electrons. The molecule has 3 aromatic rings. The van der Waals surface area contributed by atoms with E-state index in [-0.39, 0.29) is 6.10 Å². The van der Waals surface area contributed by atoms with Crippen LogP contribution in [0.3, 0.4) is 0 Å². The Balaban J connectivity index is 1.77. The minimum absolute atomic E-state index is 0.127. The van der Waals surface area contributed by atoms with E-state index in [0.29, 0.717) is 0 Å². The summed E-state index contributed by atoms with van der Waals surface area (Å²) in [6.45, 7) is 0. The van der Waals surface area contributed by atoms with Crippen LogP contribution in [0.4, 0.5) is 5.69 Å². The van der Waals surface area contributed by atoms with Crippen LogP contribution in [-0.4, -0.2) is 9.55 Å². The molecule has 0 amide bonds. The Morgan fingerprint density at radius 3 is 2.70 bits per heavy atom. The molecule has 2 aromatic carbocycles. The van der Waals surface area contributed by atoms with E-state index in [1.807, 2.05) is 48.9 Å². The fourth-order valence-electron chi connectivity index (χ4n) is 2.59. The van der Waals surface area contributed by atoms with Gasteiger partial charge in [-0.15, -0.1) is 0 Å². The summed E-state index contributed by atoms with van der Waals surface area (Å²) in [5, 5.41) is 0. The van der Waals surface area contributed by atoms with E-state index in [0.717, 1.165) is 28.4 Å². The molecule has 4 nitrogen and oxygen atoms in total. The first-order chi connectivity index (χ1) is 9.83. The fraction of sp³-hybridized carbons (Fsp3) is 0.0625. The smallest absolute Gasteiger partial charge is 0.168 e. The summed E-state index contributed by atoms with van der Waals surface area (Å²) >= 11 is 0. The Kier molecular flexibility index (Phi) is 2.29. The lowest BCUT2D eigenvalue weighted by molar-refractivity contribution is 0.248. The summed E-state index contributed by atoms with van der Waals surface area (Å²) in [5.74, 6) is 0.800. The van der Waals surface area contributed by atoms with Gasteiger partial charge in [-0.05, 0) is 30.3 Å². The van der Waals surface area contributed by atoms with Crippen molar-refractivity contribution in [3.05, 3.63) is 72.3 Å². The second-order valence-electron chi connectivity index (χ2n) is 4.81. The van der Waals surface area contributed by atoms with Gasteiger partial charge in [0.05, 0.1) is 23.9 Å². The summed E-state index contributed by atoms with van der Waals surface area (Å²) in [6.07, 6.45) is 3.54. The first-order valence-electron chi connectivity index (χ1n) is 6.47. The largest absolute Gasteiger partial charge is 0.479 e. The average Bonchev–Trinajstić information content (AvgIpc) is 3.05. The molecule has 1 unspecified atom stereocenters. The van der Waals surface area contributed by atoms with Crippen molar-refractivity contribution < 1.29 is 4.74 Å². The van der Waals surface area contributed by atoms with E-state index in [1.54, 1.807) is 0 Å². The molecule has 0 saturated carbocycles. The highest BCUT2D eigenvalue weighted by Gasteiger charge is 2.30. The Bertz CT molecular complexity index is 761. The topological polar surface area (TPSA) is 53.1 Å². The molecule has 0 radical (unpaired) electrons. The molecule has 0 bridgehead atoms. The van der Waals surface area contributed by atoms with Gasteiger partial charge in [-0.25, -0.2) is 4.98 Å². The zero-order chi connectivity index (χ0) is 13.5. The normalized spacial score (nSPS) is 15.7. The van der Waals surface area contributed by atoms with Crippen molar-refractivity contribution in [2.24, 2.45) is 0 Å². The number of nitrogen functional groups attached to an aromatic ring is 1. The minimum Gasteiger partial charge on any atom is -0.479 e.